The van der Waals surface area contributed by atoms with Gasteiger partial charge in [-0.2, -0.15) is 11.8 Å². The first-order valence-electron chi connectivity index (χ1n) is 5.35. The highest BCUT2D eigenvalue weighted by Gasteiger charge is 2.20. The van der Waals surface area contributed by atoms with Gasteiger partial charge in [-0.1, -0.05) is 0 Å². The fraction of sp³-hybridized carbons (Fsp3) is 0.333. The van der Waals surface area contributed by atoms with Crippen molar-refractivity contribution in [1.82, 2.24) is 0 Å². The van der Waals surface area contributed by atoms with Crippen molar-refractivity contribution in [3.8, 4) is 11.5 Å². The highest BCUT2D eigenvalue weighted by molar-refractivity contribution is 7.99. The van der Waals surface area contributed by atoms with E-state index in [0.717, 1.165) is 0 Å². The Bertz CT molecular complexity index is 501. The topological polar surface area (TPSA) is 64.6 Å². The molecule has 0 bridgehead atoms. The molecule has 6 heteroatoms. The number of nitrogens with one attached hydrogen (secondary N) is 1. The molecule has 0 unspecified atom stereocenters. The quantitative estimate of drug-likeness (QED) is 0.844. The molecule has 0 fully saturated rings. The zero-order valence-electron chi connectivity index (χ0n) is 10.1. The molecule has 1 aromatic carbocycles. The average Bonchev–Trinajstić information content (AvgIpc) is 2.74. The normalized spacial score (nSPS) is 12.3. The number of ketones is 1. The third kappa shape index (κ3) is 2.59. The fourth-order valence-corrected chi connectivity index (χ4v) is 1.99. The van der Waals surface area contributed by atoms with Crippen molar-refractivity contribution >= 4 is 29.1 Å². The van der Waals surface area contributed by atoms with Crippen LogP contribution in [-0.2, 0) is 4.79 Å². The summed E-state index contributed by atoms with van der Waals surface area (Å²) < 4.78 is 10.4. The molecule has 18 heavy (non-hydrogen) atoms. The number of rotatable bonds is 4. The van der Waals surface area contributed by atoms with Crippen molar-refractivity contribution in [1.29, 1.82) is 0 Å². The van der Waals surface area contributed by atoms with Gasteiger partial charge in [0.05, 0.1) is 11.4 Å². The summed E-state index contributed by atoms with van der Waals surface area (Å²) in [5.74, 6) is 1.13. The lowest BCUT2D eigenvalue weighted by atomic mass is 10.1. The molecule has 2 rings (SSSR count). The molecule has 0 saturated heterocycles. The van der Waals surface area contributed by atoms with E-state index in [1.165, 1.54) is 18.7 Å². The molecule has 0 aliphatic carbocycles. The van der Waals surface area contributed by atoms with Crippen LogP contribution in [0.2, 0.25) is 0 Å². The van der Waals surface area contributed by atoms with Gasteiger partial charge >= 0.3 is 0 Å². The highest BCUT2D eigenvalue weighted by Crippen LogP contribution is 2.37. The predicted molar refractivity (Wildman–Crippen MR) is 69.6 cm³/mol. The van der Waals surface area contributed by atoms with Crippen LogP contribution in [0.3, 0.4) is 0 Å². The minimum Gasteiger partial charge on any atom is -0.454 e. The van der Waals surface area contributed by atoms with Crippen LogP contribution in [-0.4, -0.2) is 30.5 Å². The van der Waals surface area contributed by atoms with Gasteiger partial charge < -0.3 is 14.8 Å². The lowest BCUT2D eigenvalue weighted by Gasteiger charge is -2.10. The van der Waals surface area contributed by atoms with Crippen LogP contribution in [0.1, 0.15) is 17.3 Å². The van der Waals surface area contributed by atoms with Crippen molar-refractivity contribution in [2.75, 3.05) is 24.1 Å². The van der Waals surface area contributed by atoms with Crippen LogP contribution in [0.5, 0.6) is 11.5 Å². The summed E-state index contributed by atoms with van der Waals surface area (Å²) in [6, 6.07) is 3.22. The predicted octanol–water partition coefficient (Wildman–Crippen LogP) is 1.92. The van der Waals surface area contributed by atoms with Crippen LogP contribution >= 0.6 is 11.8 Å². The number of amides is 1. The minimum absolute atomic E-state index is 0.132. The highest BCUT2D eigenvalue weighted by atomic mass is 32.2. The second kappa shape index (κ2) is 5.30. The van der Waals surface area contributed by atoms with E-state index in [0.29, 0.717) is 28.5 Å². The van der Waals surface area contributed by atoms with E-state index in [9.17, 15) is 9.59 Å². The van der Waals surface area contributed by atoms with Gasteiger partial charge in [0.15, 0.2) is 17.3 Å². The molecular formula is C12H13NO4S. The maximum Gasteiger partial charge on any atom is 0.234 e. The van der Waals surface area contributed by atoms with Gasteiger partial charge in [0.2, 0.25) is 12.7 Å². The molecule has 0 spiro atoms. The Balaban J connectivity index is 2.32. The Hall–Kier alpha value is -1.69. The third-order valence-electron chi connectivity index (χ3n) is 2.44. The van der Waals surface area contributed by atoms with E-state index in [4.69, 9.17) is 9.47 Å². The molecule has 1 N–H and O–H groups in total. The number of anilines is 1. The Kier molecular flexibility index (Phi) is 3.76. The Labute approximate surface area is 109 Å². The Morgan fingerprint density at radius 2 is 2.00 bits per heavy atom. The summed E-state index contributed by atoms with van der Waals surface area (Å²) in [6.45, 7) is 1.58. The summed E-state index contributed by atoms with van der Waals surface area (Å²) in [6.07, 6.45) is 1.84. The number of hydrogen-bond acceptors (Lipinski definition) is 5. The molecule has 96 valence electrons. The monoisotopic (exact) mass is 267 g/mol. The minimum atomic E-state index is -0.149. The van der Waals surface area contributed by atoms with Crippen LogP contribution in [0, 0.1) is 0 Å². The zero-order valence-corrected chi connectivity index (χ0v) is 10.9. The molecular weight excluding hydrogens is 254 g/mol. The van der Waals surface area contributed by atoms with Gasteiger partial charge in [-0.05, 0) is 19.2 Å². The summed E-state index contributed by atoms with van der Waals surface area (Å²) in [4.78, 5) is 23.1. The van der Waals surface area contributed by atoms with Crippen molar-refractivity contribution in [2.24, 2.45) is 0 Å². The largest absolute Gasteiger partial charge is 0.454 e. The van der Waals surface area contributed by atoms with Gasteiger partial charge in [0, 0.05) is 11.6 Å². The number of benzene rings is 1. The number of thioether (sulfide) groups is 1. The van der Waals surface area contributed by atoms with Crippen molar-refractivity contribution < 1.29 is 19.1 Å². The maximum absolute atomic E-state index is 11.6. The Morgan fingerprint density at radius 3 is 2.61 bits per heavy atom. The molecule has 5 nitrogen and oxygen atoms in total. The van der Waals surface area contributed by atoms with Gasteiger partial charge in [0.25, 0.3) is 0 Å². The molecule has 0 atom stereocenters. The maximum atomic E-state index is 11.6. The SMILES string of the molecule is CSCC(=O)Nc1cc2c(cc1C(C)=O)OCO2. The first kappa shape index (κ1) is 12.8. The molecule has 0 radical (unpaired) electrons. The fourth-order valence-electron chi connectivity index (χ4n) is 1.65. The summed E-state index contributed by atoms with van der Waals surface area (Å²) in [5.41, 5.74) is 0.888. The van der Waals surface area contributed by atoms with Crippen LogP contribution in [0.15, 0.2) is 12.1 Å². The number of carbonyl (C=O) groups is 2. The van der Waals surface area contributed by atoms with Gasteiger partial charge in [-0.3, -0.25) is 9.59 Å². The molecule has 0 aromatic heterocycles. The molecule has 1 amide bonds. The molecule has 1 heterocycles. The van der Waals surface area contributed by atoms with Crippen molar-refractivity contribution in [2.45, 2.75) is 6.92 Å². The van der Waals surface area contributed by atoms with Crippen LogP contribution < -0.4 is 14.8 Å². The van der Waals surface area contributed by atoms with Crippen LogP contribution in [0.25, 0.3) is 0 Å². The summed E-state index contributed by atoms with van der Waals surface area (Å²) in [7, 11) is 0. The number of hydrogen-bond donors (Lipinski definition) is 1. The van der Waals surface area contributed by atoms with Crippen molar-refractivity contribution in [3.05, 3.63) is 17.7 Å². The standard InChI is InChI=1S/C12H13NO4S/c1-7(14)8-3-10-11(17-6-16-10)4-9(8)13-12(15)5-18-2/h3-4H,5-6H2,1-2H3,(H,13,15). The molecule has 1 aliphatic heterocycles. The van der Waals surface area contributed by atoms with E-state index < -0.39 is 0 Å². The molecule has 1 aliphatic rings. The Morgan fingerprint density at radius 1 is 1.33 bits per heavy atom. The van der Waals surface area contributed by atoms with Crippen LogP contribution in [0.4, 0.5) is 5.69 Å². The third-order valence-corrected chi connectivity index (χ3v) is 2.99. The second-order valence-corrected chi connectivity index (χ2v) is 4.65. The van der Waals surface area contributed by atoms with E-state index in [-0.39, 0.29) is 18.5 Å². The van der Waals surface area contributed by atoms with E-state index in [1.54, 1.807) is 12.1 Å². The zero-order chi connectivity index (χ0) is 13.1. The average molecular weight is 267 g/mol. The van der Waals surface area contributed by atoms with Gasteiger partial charge in [0.1, 0.15) is 0 Å². The lowest BCUT2D eigenvalue weighted by molar-refractivity contribution is -0.113. The first-order chi connectivity index (χ1) is 8.61. The summed E-state index contributed by atoms with van der Waals surface area (Å²) >= 11 is 1.42. The number of carbonyl (C=O) groups excluding carboxylic acids is 2. The molecule has 1 aromatic rings. The molecule has 0 saturated carbocycles. The smallest absolute Gasteiger partial charge is 0.234 e. The number of fused-ring (bicyclic) bond motifs is 1. The number of Topliss-reactive ketones (excluding diaryl/α,β-unsaturated/α-hetero) is 1. The van der Waals surface area contributed by atoms with E-state index in [2.05, 4.69) is 5.32 Å². The van der Waals surface area contributed by atoms with E-state index in [1.807, 2.05) is 6.26 Å². The first-order valence-corrected chi connectivity index (χ1v) is 6.74. The summed E-state index contributed by atoms with van der Waals surface area (Å²) in [5, 5.41) is 2.71. The van der Waals surface area contributed by atoms with Crippen molar-refractivity contribution in [3.63, 3.8) is 0 Å². The lowest BCUT2D eigenvalue weighted by Crippen LogP contribution is -2.16. The number of ether oxygens (including phenoxy) is 2. The van der Waals surface area contributed by atoms with Gasteiger partial charge in [-0.25, -0.2) is 0 Å². The van der Waals surface area contributed by atoms with Gasteiger partial charge in [-0.15, -0.1) is 0 Å². The second-order valence-electron chi connectivity index (χ2n) is 3.79. The van der Waals surface area contributed by atoms with E-state index >= 15 is 0 Å².